The van der Waals surface area contributed by atoms with E-state index in [4.69, 9.17) is 0 Å². The van der Waals surface area contributed by atoms with Gasteiger partial charge in [0.1, 0.15) is 0 Å². The van der Waals surface area contributed by atoms with Gasteiger partial charge in [-0.3, -0.25) is 4.90 Å². The summed E-state index contributed by atoms with van der Waals surface area (Å²) in [6, 6.07) is 2.78. The van der Waals surface area contributed by atoms with Gasteiger partial charge < -0.3 is 25.7 Å². The number of aliphatic hydroxyl groups is 1. The van der Waals surface area contributed by atoms with Crippen LogP contribution in [0.1, 0.15) is 18.0 Å². The van der Waals surface area contributed by atoms with Crippen LogP contribution in [0.5, 0.6) is 17.2 Å². The lowest BCUT2D eigenvalue weighted by Crippen LogP contribution is -2.45. The Bertz CT molecular complexity index is 433. The first-order valence-electron chi connectivity index (χ1n) is 6.44. The molecule has 19 heavy (non-hydrogen) atoms. The highest BCUT2D eigenvalue weighted by atomic mass is 16.3. The first kappa shape index (κ1) is 13.9. The zero-order valence-corrected chi connectivity index (χ0v) is 10.7. The van der Waals surface area contributed by atoms with E-state index in [1.165, 1.54) is 6.07 Å². The van der Waals surface area contributed by atoms with Crippen LogP contribution in [0.3, 0.4) is 0 Å². The van der Waals surface area contributed by atoms with Crippen molar-refractivity contribution in [2.45, 2.75) is 12.5 Å². The Balaban J connectivity index is 2.30. The molecule has 0 amide bonds. The van der Waals surface area contributed by atoms with Gasteiger partial charge in [0, 0.05) is 44.4 Å². The molecule has 1 aliphatic heterocycles. The van der Waals surface area contributed by atoms with Crippen LogP contribution >= 0.6 is 0 Å². The van der Waals surface area contributed by atoms with Gasteiger partial charge in [0.25, 0.3) is 0 Å². The fraction of sp³-hybridized carbons (Fsp3) is 0.538. The normalized spacial score (nSPS) is 18.4. The number of nitrogens with zero attached hydrogens (tertiary/aromatic N) is 1. The monoisotopic (exact) mass is 268 g/mol. The van der Waals surface area contributed by atoms with Gasteiger partial charge in [-0.2, -0.15) is 0 Å². The van der Waals surface area contributed by atoms with Crippen molar-refractivity contribution in [3.05, 3.63) is 17.7 Å². The van der Waals surface area contributed by atoms with E-state index in [1.807, 2.05) is 0 Å². The van der Waals surface area contributed by atoms with Crippen LogP contribution in [-0.4, -0.2) is 58.1 Å². The summed E-state index contributed by atoms with van der Waals surface area (Å²) < 4.78 is 0. The molecule has 1 heterocycles. The molecule has 1 saturated heterocycles. The third-order valence-electron chi connectivity index (χ3n) is 3.52. The first-order valence-corrected chi connectivity index (χ1v) is 6.44. The minimum absolute atomic E-state index is 0.00429. The molecule has 2 rings (SSSR count). The van der Waals surface area contributed by atoms with Gasteiger partial charge in [-0.15, -0.1) is 0 Å². The lowest BCUT2D eigenvalue weighted by atomic mass is 9.99. The topological polar surface area (TPSA) is 96.2 Å². The van der Waals surface area contributed by atoms with E-state index >= 15 is 0 Å². The van der Waals surface area contributed by atoms with E-state index < -0.39 is 5.75 Å². The average Bonchev–Trinajstić information content (AvgIpc) is 2.44. The molecule has 1 aromatic rings. The Morgan fingerprint density at radius 1 is 1.11 bits per heavy atom. The van der Waals surface area contributed by atoms with E-state index in [0.29, 0.717) is 12.0 Å². The van der Waals surface area contributed by atoms with Crippen LogP contribution in [0, 0.1) is 0 Å². The largest absolute Gasteiger partial charge is 0.504 e. The van der Waals surface area contributed by atoms with Crippen LogP contribution < -0.4 is 5.32 Å². The van der Waals surface area contributed by atoms with Crippen LogP contribution in [0.2, 0.25) is 0 Å². The van der Waals surface area contributed by atoms with Crippen molar-refractivity contribution in [3.63, 3.8) is 0 Å². The molecule has 106 valence electrons. The van der Waals surface area contributed by atoms with Gasteiger partial charge in [-0.25, -0.2) is 0 Å². The minimum Gasteiger partial charge on any atom is -0.504 e. The van der Waals surface area contributed by atoms with E-state index in [9.17, 15) is 20.4 Å². The van der Waals surface area contributed by atoms with Gasteiger partial charge >= 0.3 is 0 Å². The van der Waals surface area contributed by atoms with Crippen molar-refractivity contribution >= 4 is 0 Å². The second-order valence-electron chi connectivity index (χ2n) is 4.69. The predicted molar refractivity (Wildman–Crippen MR) is 70.3 cm³/mol. The summed E-state index contributed by atoms with van der Waals surface area (Å²) in [5.41, 5.74) is 0.534. The summed E-state index contributed by atoms with van der Waals surface area (Å²) in [6.07, 6.45) is 0.470. The van der Waals surface area contributed by atoms with Crippen LogP contribution in [-0.2, 0) is 0 Å². The number of phenolic OH excluding ortho intramolecular Hbond substituents is 3. The van der Waals surface area contributed by atoms with E-state index in [0.717, 1.165) is 26.2 Å². The standard InChI is InChI=1S/C13H20N2O4/c16-8-3-10(15-6-4-14-5-7-15)9-1-2-11(17)13(19)12(9)18/h1-2,10,14,16-19H,3-8H2/t10-/m0/s1. The molecule has 0 bridgehead atoms. The molecule has 6 nitrogen and oxygen atoms in total. The lowest BCUT2D eigenvalue weighted by Gasteiger charge is -2.35. The SMILES string of the molecule is OCC[C@@H](c1ccc(O)c(O)c1O)N1CCNCC1. The fourth-order valence-corrected chi connectivity index (χ4v) is 2.50. The van der Waals surface area contributed by atoms with E-state index in [2.05, 4.69) is 10.2 Å². The smallest absolute Gasteiger partial charge is 0.200 e. The van der Waals surface area contributed by atoms with E-state index in [-0.39, 0.29) is 24.1 Å². The molecule has 5 N–H and O–H groups in total. The Morgan fingerprint density at radius 2 is 1.79 bits per heavy atom. The highest BCUT2D eigenvalue weighted by molar-refractivity contribution is 5.54. The van der Waals surface area contributed by atoms with Gasteiger partial charge in [-0.05, 0) is 18.6 Å². The first-order chi connectivity index (χ1) is 9.15. The van der Waals surface area contributed by atoms with Gasteiger partial charge in [0.15, 0.2) is 11.5 Å². The van der Waals surface area contributed by atoms with E-state index in [1.54, 1.807) is 6.07 Å². The summed E-state index contributed by atoms with van der Waals surface area (Å²) in [6.45, 7) is 3.33. The van der Waals surface area contributed by atoms with Crippen LogP contribution in [0.15, 0.2) is 12.1 Å². The molecule has 1 atom stereocenters. The Labute approximate surface area is 111 Å². The Kier molecular flexibility index (Phi) is 4.47. The third-order valence-corrected chi connectivity index (χ3v) is 3.52. The molecule has 1 fully saturated rings. The molecule has 0 aliphatic carbocycles. The second kappa shape index (κ2) is 6.10. The number of phenols is 3. The van der Waals surface area contributed by atoms with Gasteiger partial charge in [0.2, 0.25) is 5.75 Å². The molecule has 0 radical (unpaired) electrons. The summed E-state index contributed by atoms with van der Waals surface area (Å²) in [5, 5.41) is 41.4. The van der Waals surface area contributed by atoms with Crippen LogP contribution in [0.4, 0.5) is 0 Å². The molecular weight excluding hydrogens is 248 g/mol. The highest BCUT2D eigenvalue weighted by Gasteiger charge is 2.26. The number of nitrogens with one attached hydrogen (secondary N) is 1. The zero-order valence-electron chi connectivity index (χ0n) is 10.7. The van der Waals surface area contributed by atoms with Crippen molar-refractivity contribution in [2.24, 2.45) is 0 Å². The fourth-order valence-electron chi connectivity index (χ4n) is 2.50. The second-order valence-corrected chi connectivity index (χ2v) is 4.69. The number of hydrogen-bond acceptors (Lipinski definition) is 6. The molecule has 0 spiro atoms. The number of rotatable bonds is 4. The third kappa shape index (κ3) is 2.91. The number of benzene rings is 1. The lowest BCUT2D eigenvalue weighted by molar-refractivity contribution is 0.138. The summed E-state index contributed by atoms with van der Waals surface area (Å²) >= 11 is 0. The molecule has 0 aromatic heterocycles. The number of aromatic hydroxyl groups is 3. The van der Waals surface area contributed by atoms with Crippen molar-refractivity contribution in [1.82, 2.24) is 10.2 Å². The van der Waals surface area contributed by atoms with Crippen LogP contribution in [0.25, 0.3) is 0 Å². The molecule has 0 unspecified atom stereocenters. The average molecular weight is 268 g/mol. The van der Waals surface area contributed by atoms with Crippen molar-refractivity contribution < 1.29 is 20.4 Å². The van der Waals surface area contributed by atoms with Crippen molar-refractivity contribution in [2.75, 3.05) is 32.8 Å². The Morgan fingerprint density at radius 3 is 2.42 bits per heavy atom. The number of aliphatic hydroxyl groups excluding tert-OH is 1. The molecule has 0 saturated carbocycles. The maximum atomic E-state index is 9.97. The Hall–Kier alpha value is -1.50. The predicted octanol–water partition coefficient (Wildman–Crippen LogP) is 0.132. The van der Waals surface area contributed by atoms with Crippen molar-refractivity contribution in [3.8, 4) is 17.2 Å². The highest BCUT2D eigenvalue weighted by Crippen LogP contribution is 2.42. The quantitative estimate of drug-likeness (QED) is 0.498. The maximum absolute atomic E-state index is 9.97. The van der Waals surface area contributed by atoms with Crippen molar-refractivity contribution in [1.29, 1.82) is 0 Å². The molecule has 6 heteroatoms. The summed E-state index contributed by atoms with van der Waals surface area (Å²) in [4.78, 5) is 2.15. The van der Waals surface area contributed by atoms with Gasteiger partial charge in [-0.1, -0.05) is 0 Å². The minimum atomic E-state index is -0.504. The number of hydrogen-bond donors (Lipinski definition) is 5. The summed E-state index contributed by atoms with van der Waals surface area (Å²) in [5.74, 6) is -1.16. The summed E-state index contributed by atoms with van der Waals surface area (Å²) in [7, 11) is 0. The molecule has 1 aromatic carbocycles. The molecular formula is C13H20N2O4. The molecule has 1 aliphatic rings. The number of piperazine rings is 1. The zero-order chi connectivity index (χ0) is 13.8. The maximum Gasteiger partial charge on any atom is 0.200 e. The van der Waals surface area contributed by atoms with Gasteiger partial charge in [0.05, 0.1) is 0 Å².